The predicted molar refractivity (Wildman–Crippen MR) is 105 cm³/mol. The summed E-state index contributed by atoms with van der Waals surface area (Å²) in [6.07, 6.45) is 2.91. The van der Waals surface area contributed by atoms with Crippen molar-refractivity contribution in [1.82, 2.24) is 4.98 Å². The number of hydrogen-bond donors (Lipinski definition) is 0. The summed E-state index contributed by atoms with van der Waals surface area (Å²) < 4.78 is 6.14. The Hall–Kier alpha value is -2.79. The minimum absolute atomic E-state index is 0.202. The molecule has 26 heavy (non-hydrogen) atoms. The van der Waals surface area contributed by atoms with Gasteiger partial charge in [-0.05, 0) is 61.7 Å². The Balaban J connectivity index is 1.61. The molecule has 1 aromatic heterocycles. The molecular weight excluding hydrogens is 346 g/mol. The summed E-state index contributed by atoms with van der Waals surface area (Å²) in [5, 5.41) is 0.722. The van der Waals surface area contributed by atoms with Crippen molar-refractivity contribution in [2.24, 2.45) is 0 Å². The van der Waals surface area contributed by atoms with Crippen LogP contribution in [0.2, 0.25) is 0 Å². The van der Waals surface area contributed by atoms with Gasteiger partial charge in [-0.3, -0.25) is 4.79 Å². The zero-order valence-corrected chi connectivity index (χ0v) is 15.7. The Kier molecular flexibility index (Phi) is 5.28. The third kappa shape index (κ3) is 4.06. The Morgan fingerprint density at radius 3 is 2.58 bits per heavy atom. The minimum Gasteiger partial charge on any atom is -0.454 e. The third-order valence-corrected chi connectivity index (χ3v) is 5.16. The van der Waals surface area contributed by atoms with E-state index in [0.29, 0.717) is 5.56 Å². The summed E-state index contributed by atoms with van der Waals surface area (Å²) in [6, 6.07) is 11.6. The van der Waals surface area contributed by atoms with Crippen molar-refractivity contribution in [2.75, 3.05) is 6.61 Å². The summed E-state index contributed by atoms with van der Waals surface area (Å²) in [5.41, 5.74) is 4.55. The van der Waals surface area contributed by atoms with Crippen molar-refractivity contribution in [3.05, 3.63) is 69.7 Å². The summed E-state index contributed by atoms with van der Waals surface area (Å²) in [7, 11) is 0. The van der Waals surface area contributed by atoms with Gasteiger partial charge in [-0.25, -0.2) is 9.78 Å². The van der Waals surface area contributed by atoms with E-state index in [1.165, 1.54) is 17.4 Å². The van der Waals surface area contributed by atoms with Gasteiger partial charge in [-0.1, -0.05) is 18.2 Å². The van der Waals surface area contributed by atoms with Gasteiger partial charge in [-0.2, -0.15) is 0 Å². The molecule has 5 heteroatoms. The summed E-state index contributed by atoms with van der Waals surface area (Å²) in [6.45, 7) is 5.57. The van der Waals surface area contributed by atoms with Crippen LogP contribution in [0.1, 0.15) is 32.1 Å². The minimum atomic E-state index is -0.556. The van der Waals surface area contributed by atoms with Crippen LogP contribution in [0.4, 0.5) is 0 Å². The van der Waals surface area contributed by atoms with Crippen LogP contribution >= 0.6 is 11.3 Å². The van der Waals surface area contributed by atoms with Crippen molar-refractivity contribution >= 4 is 39.4 Å². The molecule has 0 aliphatic heterocycles. The molecule has 0 atom stereocenters. The monoisotopic (exact) mass is 365 g/mol. The Morgan fingerprint density at radius 1 is 1.08 bits per heavy atom. The second-order valence-corrected chi connectivity index (χ2v) is 7.20. The topological polar surface area (TPSA) is 56.3 Å². The van der Waals surface area contributed by atoms with Gasteiger partial charge in [0.15, 0.2) is 6.61 Å². The molecule has 4 nitrogen and oxygen atoms in total. The highest BCUT2D eigenvalue weighted by Gasteiger charge is 2.12. The van der Waals surface area contributed by atoms with Crippen LogP contribution in [0.3, 0.4) is 0 Å². The number of aryl methyl sites for hydroxylation is 3. The zero-order valence-electron chi connectivity index (χ0n) is 14.9. The van der Waals surface area contributed by atoms with Crippen LogP contribution < -0.4 is 0 Å². The van der Waals surface area contributed by atoms with E-state index in [-0.39, 0.29) is 12.4 Å². The van der Waals surface area contributed by atoms with Gasteiger partial charge >= 0.3 is 5.97 Å². The number of para-hydroxylation sites is 1. The molecule has 0 saturated carbocycles. The van der Waals surface area contributed by atoms with Gasteiger partial charge < -0.3 is 4.74 Å². The maximum Gasteiger partial charge on any atom is 0.331 e. The van der Waals surface area contributed by atoms with Gasteiger partial charge in [0.25, 0.3) is 0 Å². The number of carbonyl (C=O) groups excluding carboxylic acids is 2. The van der Waals surface area contributed by atoms with E-state index in [1.807, 2.05) is 57.2 Å². The number of fused-ring (bicyclic) bond motifs is 1. The van der Waals surface area contributed by atoms with Crippen LogP contribution in [-0.4, -0.2) is 23.3 Å². The Labute approximate surface area is 156 Å². The summed E-state index contributed by atoms with van der Waals surface area (Å²) in [5.74, 6) is -0.758. The van der Waals surface area contributed by atoms with E-state index < -0.39 is 5.97 Å². The maximum atomic E-state index is 12.3. The molecule has 0 aliphatic carbocycles. The van der Waals surface area contributed by atoms with Crippen molar-refractivity contribution in [1.29, 1.82) is 0 Å². The van der Waals surface area contributed by atoms with Crippen molar-refractivity contribution < 1.29 is 14.3 Å². The van der Waals surface area contributed by atoms with Crippen LogP contribution in [0.25, 0.3) is 16.3 Å². The van der Waals surface area contributed by atoms with Crippen molar-refractivity contribution in [3.8, 4) is 0 Å². The number of thiazole rings is 1. The van der Waals surface area contributed by atoms with Crippen molar-refractivity contribution in [3.63, 3.8) is 0 Å². The molecule has 3 rings (SSSR count). The number of nitrogens with zero attached hydrogens (tertiary/aromatic N) is 1. The fourth-order valence-corrected chi connectivity index (χ4v) is 3.49. The van der Waals surface area contributed by atoms with E-state index in [0.717, 1.165) is 31.9 Å². The lowest BCUT2D eigenvalue weighted by molar-refractivity contribution is -0.136. The first-order valence-electron chi connectivity index (χ1n) is 8.25. The fourth-order valence-electron chi connectivity index (χ4n) is 2.62. The fraction of sp³-hybridized carbons (Fsp3) is 0.190. The van der Waals surface area contributed by atoms with E-state index in [4.69, 9.17) is 4.74 Å². The molecule has 0 bridgehead atoms. The quantitative estimate of drug-likeness (QED) is 0.375. The number of ether oxygens (including phenoxy) is 1. The van der Waals surface area contributed by atoms with E-state index in [2.05, 4.69) is 4.98 Å². The number of benzene rings is 2. The van der Waals surface area contributed by atoms with Crippen LogP contribution in [0.15, 0.2) is 42.5 Å². The molecular formula is C21H19NO3S. The highest BCUT2D eigenvalue weighted by molar-refractivity contribution is 7.19. The van der Waals surface area contributed by atoms with Gasteiger partial charge in [0.2, 0.25) is 5.78 Å². The van der Waals surface area contributed by atoms with Crippen molar-refractivity contribution in [2.45, 2.75) is 20.8 Å². The molecule has 0 spiro atoms. The number of esters is 1. The second-order valence-electron chi connectivity index (χ2n) is 6.14. The molecule has 132 valence electrons. The van der Waals surface area contributed by atoms with Crippen LogP contribution in [0.5, 0.6) is 0 Å². The molecule has 0 N–H and O–H groups in total. The normalized spacial score (nSPS) is 11.2. The second kappa shape index (κ2) is 7.62. The van der Waals surface area contributed by atoms with Gasteiger partial charge in [-0.15, -0.1) is 11.3 Å². The zero-order chi connectivity index (χ0) is 18.7. The molecule has 1 heterocycles. The summed E-state index contributed by atoms with van der Waals surface area (Å²) in [4.78, 5) is 28.6. The molecule has 2 aromatic carbocycles. The maximum absolute atomic E-state index is 12.3. The Morgan fingerprint density at radius 2 is 1.81 bits per heavy atom. The lowest BCUT2D eigenvalue weighted by atomic mass is 9.98. The smallest absolute Gasteiger partial charge is 0.331 e. The molecule has 0 unspecified atom stereocenters. The number of carbonyl (C=O) groups is 2. The number of ketones is 1. The van der Waals surface area contributed by atoms with E-state index >= 15 is 0 Å². The molecule has 3 aromatic rings. The van der Waals surface area contributed by atoms with Gasteiger partial charge in [0.1, 0.15) is 5.01 Å². The van der Waals surface area contributed by atoms with Gasteiger partial charge in [0.05, 0.1) is 10.2 Å². The third-order valence-electron chi connectivity index (χ3n) is 4.16. The lowest BCUT2D eigenvalue weighted by Gasteiger charge is -2.09. The van der Waals surface area contributed by atoms with Crippen LogP contribution in [-0.2, 0) is 9.53 Å². The lowest BCUT2D eigenvalue weighted by Crippen LogP contribution is -2.14. The highest BCUT2D eigenvalue weighted by atomic mass is 32.1. The standard InChI is InChI=1S/C21H19NO3S/c1-13-10-15(3)16(11-14(13)2)18(23)12-25-21(24)9-8-20-22-17-6-4-5-7-19(17)26-20/h4-11H,12H2,1-3H3. The number of hydrogen-bond acceptors (Lipinski definition) is 5. The molecule has 0 fully saturated rings. The van der Waals surface area contributed by atoms with E-state index in [1.54, 1.807) is 6.08 Å². The summed E-state index contributed by atoms with van der Waals surface area (Å²) >= 11 is 1.49. The number of aromatic nitrogens is 1. The SMILES string of the molecule is Cc1cc(C)c(C(=O)COC(=O)C=Cc2nc3ccccc3s2)cc1C. The molecule has 0 amide bonds. The molecule has 0 saturated heterocycles. The number of Topliss-reactive ketones (excluding diaryl/α,β-unsaturated/α-hetero) is 1. The average Bonchev–Trinajstić information content (AvgIpc) is 3.04. The first kappa shape index (κ1) is 18.0. The Bertz CT molecular complexity index is 984. The highest BCUT2D eigenvalue weighted by Crippen LogP contribution is 2.22. The first-order chi connectivity index (χ1) is 12.4. The van der Waals surface area contributed by atoms with E-state index in [9.17, 15) is 9.59 Å². The largest absolute Gasteiger partial charge is 0.454 e. The average molecular weight is 365 g/mol. The van der Waals surface area contributed by atoms with Crippen LogP contribution in [0, 0.1) is 20.8 Å². The molecule has 0 radical (unpaired) electrons. The predicted octanol–water partition coefficient (Wildman–Crippen LogP) is 4.66. The number of rotatable bonds is 5. The van der Waals surface area contributed by atoms with Gasteiger partial charge in [0, 0.05) is 11.6 Å². The first-order valence-corrected chi connectivity index (χ1v) is 9.07. The molecule has 0 aliphatic rings.